The highest BCUT2D eigenvalue weighted by Crippen LogP contribution is 2.27. The molecular weight excluding hydrogens is 219 g/mol. The normalized spacial score (nSPS) is 39.9. The van der Waals surface area contributed by atoms with Crippen molar-refractivity contribution in [2.24, 2.45) is 0 Å². The van der Waals surface area contributed by atoms with Crippen molar-refractivity contribution in [2.45, 2.75) is 37.6 Å². The fourth-order valence-electron chi connectivity index (χ4n) is 2.00. The monoisotopic (exact) mass is 234 g/mol. The van der Waals surface area contributed by atoms with E-state index in [1.54, 1.807) is 0 Å². The molecule has 2 rings (SSSR count). The molecule has 0 aromatic carbocycles. The van der Waals surface area contributed by atoms with E-state index in [9.17, 15) is 14.3 Å². The van der Waals surface area contributed by atoms with Crippen molar-refractivity contribution < 1.29 is 24.1 Å². The lowest BCUT2D eigenvalue weighted by atomic mass is 10.2. The quantitative estimate of drug-likeness (QED) is 0.582. The maximum Gasteiger partial charge on any atom is 0.321 e. The second-order valence-corrected chi connectivity index (χ2v) is 4.03. The first kappa shape index (κ1) is 11.6. The molecule has 0 aromatic rings. The van der Waals surface area contributed by atoms with Gasteiger partial charge in [-0.3, -0.25) is 4.90 Å². The number of nitrogens with one attached hydrogen (secondary N) is 1. The van der Waals surface area contributed by atoms with E-state index in [0.717, 1.165) is 0 Å². The number of ether oxygens (including phenoxy) is 1. The Bertz CT molecular complexity index is 278. The Morgan fingerprint density at radius 1 is 1.62 bits per heavy atom. The second-order valence-electron chi connectivity index (χ2n) is 4.03. The van der Waals surface area contributed by atoms with E-state index in [0.29, 0.717) is 6.42 Å². The predicted octanol–water partition coefficient (Wildman–Crippen LogP) is -0.835. The van der Waals surface area contributed by atoms with Gasteiger partial charge in [0.05, 0.1) is 12.7 Å². The van der Waals surface area contributed by atoms with Crippen LogP contribution >= 0.6 is 0 Å². The molecule has 3 N–H and O–H groups in total. The van der Waals surface area contributed by atoms with Crippen LogP contribution in [0.15, 0.2) is 0 Å². The molecule has 4 atom stereocenters. The standard InChI is InChI=1S/C9H15FN2O4/c10-6-3-5(4-13)16-8(6)12-2-1-7(14)11-9(12)15/h5-8,13-14H,1-4H2,(H,11,15)/t5-,6+,7?,8?/m0/s1. The molecule has 0 aromatic heterocycles. The average molecular weight is 234 g/mol. The molecule has 92 valence electrons. The summed E-state index contributed by atoms with van der Waals surface area (Å²) in [5.41, 5.74) is 0. The van der Waals surface area contributed by atoms with Crippen LogP contribution in [-0.4, -0.2) is 59.0 Å². The van der Waals surface area contributed by atoms with Gasteiger partial charge in [0.1, 0.15) is 12.4 Å². The smallest absolute Gasteiger partial charge is 0.321 e. The summed E-state index contributed by atoms with van der Waals surface area (Å²) in [6.45, 7) is -0.00869. The second kappa shape index (κ2) is 4.52. The fraction of sp³-hybridized carbons (Fsp3) is 0.889. The highest BCUT2D eigenvalue weighted by Gasteiger charge is 2.42. The maximum atomic E-state index is 13.6. The molecule has 2 unspecified atom stereocenters. The average Bonchev–Trinajstić information content (AvgIpc) is 2.60. The van der Waals surface area contributed by atoms with E-state index in [1.165, 1.54) is 4.90 Å². The molecule has 2 aliphatic heterocycles. The molecule has 7 heteroatoms. The Morgan fingerprint density at radius 3 is 2.94 bits per heavy atom. The molecule has 0 radical (unpaired) electrons. The van der Waals surface area contributed by atoms with Crippen LogP contribution in [0.3, 0.4) is 0 Å². The van der Waals surface area contributed by atoms with Gasteiger partial charge in [-0.2, -0.15) is 0 Å². The van der Waals surface area contributed by atoms with Gasteiger partial charge in [0.25, 0.3) is 0 Å². The van der Waals surface area contributed by atoms with Gasteiger partial charge in [-0.25, -0.2) is 9.18 Å². The summed E-state index contributed by atoms with van der Waals surface area (Å²) in [6, 6.07) is -0.537. The zero-order valence-corrected chi connectivity index (χ0v) is 8.67. The molecule has 0 bridgehead atoms. The summed E-state index contributed by atoms with van der Waals surface area (Å²) < 4.78 is 18.8. The van der Waals surface area contributed by atoms with Gasteiger partial charge in [0.15, 0.2) is 6.23 Å². The Balaban J connectivity index is 1.99. The third kappa shape index (κ3) is 2.11. The minimum absolute atomic E-state index is 0.0908. The molecule has 2 fully saturated rings. The van der Waals surface area contributed by atoms with Crippen LogP contribution in [0.4, 0.5) is 9.18 Å². The Kier molecular flexibility index (Phi) is 3.27. The zero-order chi connectivity index (χ0) is 11.7. The van der Waals surface area contributed by atoms with Crippen molar-refractivity contribution in [1.29, 1.82) is 0 Å². The van der Waals surface area contributed by atoms with Crippen molar-refractivity contribution in [1.82, 2.24) is 10.2 Å². The lowest BCUT2D eigenvalue weighted by molar-refractivity contribution is -0.0773. The first-order valence-corrected chi connectivity index (χ1v) is 5.27. The van der Waals surface area contributed by atoms with E-state index in [4.69, 9.17) is 9.84 Å². The van der Waals surface area contributed by atoms with Crippen molar-refractivity contribution in [2.75, 3.05) is 13.2 Å². The summed E-state index contributed by atoms with van der Waals surface area (Å²) in [4.78, 5) is 12.7. The molecule has 0 aliphatic carbocycles. The van der Waals surface area contributed by atoms with E-state index < -0.39 is 30.8 Å². The summed E-state index contributed by atoms with van der Waals surface area (Å²) in [5, 5.41) is 20.3. The van der Waals surface area contributed by atoms with Gasteiger partial charge in [-0.05, 0) is 0 Å². The number of hydrogen-bond donors (Lipinski definition) is 3. The highest BCUT2D eigenvalue weighted by atomic mass is 19.1. The van der Waals surface area contributed by atoms with Crippen LogP contribution in [0.2, 0.25) is 0 Å². The number of hydrogen-bond acceptors (Lipinski definition) is 4. The summed E-state index contributed by atoms with van der Waals surface area (Å²) in [7, 11) is 0. The van der Waals surface area contributed by atoms with Gasteiger partial charge in [0.2, 0.25) is 0 Å². The minimum atomic E-state index is -1.29. The number of aliphatic hydroxyl groups is 2. The molecule has 6 nitrogen and oxygen atoms in total. The van der Waals surface area contributed by atoms with Crippen molar-refractivity contribution in [3.63, 3.8) is 0 Å². The van der Waals surface area contributed by atoms with Crippen molar-refractivity contribution >= 4 is 6.03 Å². The number of urea groups is 1. The third-order valence-corrected chi connectivity index (χ3v) is 2.83. The van der Waals surface area contributed by atoms with Gasteiger partial charge >= 0.3 is 6.03 Å². The first-order valence-electron chi connectivity index (χ1n) is 5.27. The van der Waals surface area contributed by atoms with E-state index >= 15 is 0 Å². The molecule has 2 aliphatic rings. The number of halogens is 1. The van der Waals surface area contributed by atoms with Gasteiger partial charge < -0.3 is 20.3 Å². The summed E-state index contributed by atoms with van der Waals surface area (Å²) in [5.74, 6) is 0. The summed E-state index contributed by atoms with van der Waals surface area (Å²) in [6.07, 6.45) is -3.26. The van der Waals surface area contributed by atoms with Gasteiger partial charge in [-0.15, -0.1) is 0 Å². The summed E-state index contributed by atoms with van der Waals surface area (Å²) >= 11 is 0. The van der Waals surface area contributed by atoms with E-state index in [-0.39, 0.29) is 19.6 Å². The largest absolute Gasteiger partial charge is 0.394 e. The number of nitrogens with zero attached hydrogens (tertiary/aromatic N) is 1. The fourth-order valence-corrected chi connectivity index (χ4v) is 2.00. The number of rotatable bonds is 2. The highest BCUT2D eigenvalue weighted by molar-refractivity contribution is 5.75. The zero-order valence-electron chi connectivity index (χ0n) is 8.67. The van der Waals surface area contributed by atoms with Gasteiger partial charge in [0, 0.05) is 19.4 Å². The molecule has 2 amide bonds. The lowest BCUT2D eigenvalue weighted by Crippen LogP contribution is -2.56. The molecule has 0 spiro atoms. The van der Waals surface area contributed by atoms with Crippen LogP contribution in [-0.2, 0) is 4.74 Å². The van der Waals surface area contributed by atoms with Gasteiger partial charge in [-0.1, -0.05) is 0 Å². The number of alkyl halides is 1. The molecule has 16 heavy (non-hydrogen) atoms. The van der Waals surface area contributed by atoms with E-state index in [1.807, 2.05) is 0 Å². The first-order chi connectivity index (χ1) is 7.61. The van der Waals surface area contributed by atoms with Crippen LogP contribution in [0.25, 0.3) is 0 Å². The maximum absolute atomic E-state index is 13.6. The molecule has 2 saturated heterocycles. The van der Waals surface area contributed by atoms with E-state index in [2.05, 4.69) is 5.32 Å². The van der Waals surface area contributed by atoms with Crippen LogP contribution in [0.5, 0.6) is 0 Å². The third-order valence-electron chi connectivity index (χ3n) is 2.83. The van der Waals surface area contributed by atoms with Crippen LogP contribution in [0, 0.1) is 0 Å². The lowest BCUT2D eigenvalue weighted by Gasteiger charge is -2.35. The molecular formula is C9H15FN2O4. The van der Waals surface area contributed by atoms with Crippen molar-refractivity contribution in [3.8, 4) is 0 Å². The minimum Gasteiger partial charge on any atom is -0.394 e. The Hall–Kier alpha value is -0.920. The van der Waals surface area contributed by atoms with Crippen LogP contribution in [0.1, 0.15) is 12.8 Å². The van der Waals surface area contributed by atoms with Crippen LogP contribution < -0.4 is 5.32 Å². The molecule has 2 heterocycles. The topological polar surface area (TPSA) is 82.0 Å². The Labute approximate surface area is 92.0 Å². The number of carbonyl (C=O) groups is 1. The Morgan fingerprint density at radius 2 is 2.38 bits per heavy atom. The predicted molar refractivity (Wildman–Crippen MR) is 51.1 cm³/mol. The molecule has 0 saturated carbocycles. The number of amides is 2. The SMILES string of the molecule is O=C1NC(O)CCN1C1O[C@H](CO)C[C@H]1F. The number of aliphatic hydroxyl groups excluding tert-OH is 2. The van der Waals surface area contributed by atoms with Crippen molar-refractivity contribution in [3.05, 3.63) is 0 Å². The number of carbonyl (C=O) groups excluding carboxylic acids is 1.